The Morgan fingerprint density at radius 3 is 2.81 bits per heavy atom. The molecule has 3 heteroatoms. The number of hydrogen-bond acceptors (Lipinski definition) is 3. The third kappa shape index (κ3) is 4.08. The molecule has 0 saturated heterocycles. The smallest absolute Gasteiger partial charge is 0.136 e. The molecule has 0 spiro atoms. The van der Waals surface area contributed by atoms with Gasteiger partial charge in [-0.3, -0.25) is 4.79 Å². The van der Waals surface area contributed by atoms with Crippen molar-refractivity contribution in [3.63, 3.8) is 0 Å². The predicted octanol–water partition coefficient (Wildman–Crippen LogP) is 2.54. The molecule has 0 radical (unpaired) electrons. The van der Waals surface area contributed by atoms with Gasteiger partial charge in [0.1, 0.15) is 11.9 Å². The normalized spacial score (nSPS) is 34.2. The third-order valence-corrected chi connectivity index (χ3v) is 5.11. The Hall–Kier alpha value is -0.850. The van der Waals surface area contributed by atoms with Crippen LogP contribution >= 0.6 is 0 Å². The van der Waals surface area contributed by atoms with E-state index in [-0.39, 0.29) is 17.8 Å². The van der Waals surface area contributed by atoms with Gasteiger partial charge in [-0.1, -0.05) is 45.0 Å². The number of unbranched alkanes of at least 4 members (excludes halogenated alkanes) is 1. The first kappa shape index (κ1) is 16.5. The van der Waals surface area contributed by atoms with Gasteiger partial charge in [0, 0.05) is 12.3 Å². The topological polar surface area (TPSA) is 57.5 Å². The van der Waals surface area contributed by atoms with Crippen molar-refractivity contribution >= 4 is 5.78 Å². The van der Waals surface area contributed by atoms with Crippen LogP contribution in [0.5, 0.6) is 0 Å². The van der Waals surface area contributed by atoms with E-state index in [2.05, 4.69) is 25.7 Å². The van der Waals surface area contributed by atoms with Crippen molar-refractivity contribution in [1.29, 1.82) is 0 Å². The lowest BCUT2D eigenvalue weighted by atomic mass is 9.59. The van der Waals surface area contributed by atoms with Gasteiger partial charge in [-0.2, -0.15) is 0 Å². The summed E-state index contributed by atoms with van der Waals surface area (Å²) in [5.41, 5.74) is 0. The molecule has 0 aromatic rings. The first-order valence-electron chi connectivity index (χ1n) is 8.42. The molecule has 6 atom stereocenters. The number of aliphatic hydroxyl groups excluding tert-OH is 2. The highest BCUT2D eigenvalue weighted by Crippen LogP contribution is 2.45. The van der Waals surface area contributed by atoms with E-state index in [4.69, 9.17) is 0 Å². The quantitative estimate of drug-likeness (QED) is 0.766. The molecule has 2 saturated carbocycles. The Labute approximate surface area is 128 Å². The van der Waals surface area contributed by atoms with E-state index < -0.39 is 12.2 Å². The van der Waals surface area contributed by atoms with Gasteiger partial charge in [-0.05, 0) is 31.1 Å². The van der Waals surface area contributed by atoms with E-state index in [1.807, 2.05) is 0 Å². The van der Waals surface area contributed by atoms with Crippen molar-refractivity contribution in [1.82, 2.24) is 0 Å². The summed E-state index contributed by atoms with van der Waals surface area (Å²) < 4.78 is 0. The maximum Gasteiger partial charge on any atom is 0.136 e. The minimum Gasteiger partial charge on any atom is -0.392 e. The lowest BCUT2D eigenvalue weighted by Crippen LogP contribution is -2.49. The molecule has 3 nitrogen and oxygen atoms in total. The van der Waals surface area contributed by atoms with Crippen molar-refractivity contribution in [2.24, 2.45) is 23.7 Å². The van der Waals surface area contributed by atoms with Crippen molar-refractivity contribution in [3.05, 3.63) is 0 Å². The number of ketones is 1. The second-order valence-corrected chi connectivity index (χ2v) is 6.90. The van der Waals surface area contributed by atoms with E-state index >= 15 is 0 Å². The fourth-order valence-electron chi connectivity index (χ4n) is 3.68. The summed E-state index contributed by atoms with van der Waals surface area (Å²) in [4.78, 5) is 11.5. The zero-order valence-corrected chi connectivity index (χ0v) is 13.2. The minimum absolute atomic E-state index is 0.119. The second-order valence-electron chi connectivity index (χ2n) is 6.90. The van der Waals surface area contributed by atoms with Crippen molar-refractivity contribution < 1.29 is 15.0 Å². The van der Waals surface area contributed by atoms with Crippen LogP contribution in [0.4, 0.5) is 0 Å². The van der Waals surface area contributed by atoms with Crippen LogP contribution in [0.1, 0.15) is 58.8 Å². The fraction of sp³-hybridized carbons (Fsp3) is 0.833. The lowest BCUT2D eigenvalue weighted by Gasteiger charge is -2.44. The summed E-state index contributed by atoms with van der Waals surface area (Å²) in [6.07, 6.45) is 5.17. The van der Waals surface area contributed by atoms with E-state index in [1.54, 1.807) is 0 Å². The molecule has 118 valence electrons. The standard InChI is InChI=1S/C18H28O3/c1-3-4-5-12(2)10-13(19)6-7-14-16-11-18(21)15(16)8-9-17(14)20/h12-17,19-20H,3-5,8-11H2,1-2H3/t12-,13-,14-,15+,16-,17-/m1/s1. The van der Waals surface area contributed by atoms with Gasteiger partial charge in [0.2, 0.25) is 0 Å². The minimum atomic E-state index is -0.611. The van der Waals surface area contributed by atoms with Crippen LogP contribution in [0.25, 0.3) is 0 Å². The van der Waals surface area contributed by atoms with Gasteiger partial charge in [-0.15, -0.1) is 0 Å². The number of aliphatic hydroxyl groups is 2. The Morgan fingerprint density at radius 2 is 2.14 bits per heavy atom. The van der Waals surface area contributed by atoms with Crippen LogP contribution in [0.2, 0.25) is 0 Å². The van der Waals surface area contributed by atoms with Crippen LogP contribution in [0, 0.1) is 35.5 Å². The summed E-state index contributed by atoms with van der Waals surface area (Å²) in [5, 5.41) is 20.1. The second kappa shape index (κ2) is 7.42. The van der Waals surface area contributed by atoms with Crippen LogP contribution in [0.3, 0.4) is 0 Å². The molecule has 2 rings (SSSR count). The number of carbonyl (C=O) groups excluding carboxylic acids is 1. The fourth-order valence-corrected chi connectivity index (χ4v) is 3.68. The Bertz CT molecular complexity index is 420. The third-order valence-electron chi connectivity index (χ3n) is 5.11. The molecule has 0 bridgehead atoms. The molecular formula is C18H28O3. The van der Waals surface area contributed by atoms with Crippen LogP contribution in [-0.2, 0) is 4.79 Å². The molecule has 0 aromatic carbocycles. The van der Waals surface area contributed by atoms with Gasteiger partial charge < -0.3 is 10.2 Å². The van der Waals surface area contributed by atoms with Crippen LogP contribution in [-0.4, -0.2) is 28.2 Å². The van der Waals surface area contributed by atoms with Crippen molar-refractivity contribution in [2.45, 2.75) is 71.0 Å². The number of Topliss-reactive ketones (excluding diaryl/α,β-unsaturated/α-hetero) is 1. The summed E-state index contributed by atoms with van der Waals surface area (Å²) in [6.45, 7) is 4.32. The average molecular weight is 292 g/mol. The molecule has 0 amide bonds. The molecule has 2 fully saturated rings. The molecular weight excluding hydrogens is 264 g/mol. The molecule has 0 aliphatic heterocycles. The lowest BCUT2D eigenvalue weighted by molar-refractivity contribution is -0.141. The Balaban J connectivity index is 1.86. The number of carbonyl (C=O) groups is 1. The molecule has 0 heterocycles. The molecule has 0 aromatic heterocycles. The summed E-state index contributed by atoms with van der Waals surface area (Å²) in [7, 11) is 0. The predicted molar refractivity (Wildman–Crippen MR) is 82.4 cm³/mol. The van der Waals surface area contributed by atoms with Crippen LogP contribution in [0.15, 0.2) is 0 Å². The van der Waals surface area contributed by atoms with Gasteiger partial charge in [-0.25, -0.2) is 0 Å². The van der Waals surface area contributed by atoms with E-state index in [0.29, 0.717) is 31.0 Å². The zero-order chi connectivity index (χ0) is 15.4. The highest BCUT2D eigenvalue weighted by molar-refractivity contribution is 5.87. The molecule has 2 N–H and O–H groups in total. The molecule has 21 heavy (non-hydrogen) atoms. The average Bonchev–Trinajstić information content (AvgIpc) is 2.43. The monoisotopic (exact) mass is 292 g/mol. The van der Waals surface area contributed by atoms with Gasteiger partial charge in [0.15, 0.2) is 0 Å². The zero-order valence-electron chi connectivity index (χ0n) is 13.2. The number of fused-ring (bicyclic) bond motifs is 1. The number of hydrogen-bond donors (Lipinski definition) is 2. The molecule has 0 unspecified atom stereocenters. The van der Waals surface area contributed by atoms with Crippen LogP contribution < -0.4 is 0 Å². The largest absolute Gasteiger partial charge is 0.392 e. The summed E-state index contributed by atoms with van der Waals surface area (Å²) in [5.74, 6) is 7.02. The van der Waals surface area contributed by atoms with Crippen molar-refractivity contribution in [3.8, 4) is 11.8 Å². The maximum atomic E-state index is 11.5. The van der Waals surface area contributed by atoms with Crippen molar-refractivity contribution in [2.75, 3.05) is 0 Å². The Kier molecular flexibility index (Phi) is 5.84. The first-order chi connectivity index (χ1) is 10.0. The van der Waals surface area contributed by atoms with Gasteiger partial charge >= 0.3 is 0 Å². The van der Waals surface area contributed by atoms with E-state index in [1.165, 1.54) is 12.8 Å². The number of rotatable bonds is 5. The summed E-state index contributed by atoms with van der Waals surface area (Å²) >= 11 is 0. The Morgan fingerprint density at radius 1 is 1.38 bits per heavy atom. The van der Waals surface area contributed by atoms with E-state index in [0.717, 1.165) is 12.8 Å². The first-order valence-corrected chi connectivity index (χ1v) is 8.42. The highest BCUT2D eigenvalue weighted by Gasteiger charge is 2.48. The summed E-state index contributed by atoms with van der Waals surface area (Å²) in [6, 6.07) is 0. The van der Waals surface area contributed by atoms with Gasteiger partial charge in [0.25, 0.3) is 0 Å². The molecule has 2 aliphatic rings. The molecule has 2 aliphatic carbocycles. The maximum absolute atomic E-state index is 11.5. The van der Waals surface area contributed by atoms with Gasteiger partial charge in [0.05, 0.1) is 12.0 Å². The SMILES string of the molecule is CCCC[C@@H](C)C[C@H](O)C#C[C@@H]1[C@H]2CC(=O)[C@H]2CC[C@H]1O. The highest BCUT2D eigenvalue weighted by atomic mass is 16.3. The van der Waals surface area contributed by atoms with E-state index in [9.17, 15) is 15.0 Å².